The molecule has 3 aliphatic rings. The molecule has 0 saturated carbocycles. The Morgan fingerprint density at radius 2 is 2.19 bits per heavy atom. The van der Waals surface area contributed by atoms with Crippen molar-refractivity contribution in [2.24, 2.45) is 5.92 Å². The SMILES string of the molecule is Cc1ccncc1NC1CN2CCC1CC2. The van der Waals surface area contributed by atoms with Crippen molar-refractivity contribution < 1.29 is 0 Å². The number of rotatable bonds is 2. The Labute approximate surface area is 96.9 Å². The van der Waals surface area contributed by atoms with E-state index >= 15 is 0 Å². The van der Waals surface area contributed by atoms with Crippen molar-refractivity contribution in [3.8, 4) is 0 Å². The van der Waals surface area contributed by atoms with Crippen LogP contribution in [0.5, 0.6) is 0 Å². The van der Waals surface area contributed by atoms with Crippen LogP contribution in [0.1, 0.15) is 18.4 Å². The lowest BCUT2D eigenvalue weighted by molar-refractivity contribution is 0.0975. The zero-order chi connectivity index (χ0) is 11.0. The van der Waals surface area contributed by atoms with E-state index in [0.717, 1.165) is 5.92 Å². The van der Waals surface area contributed by atoms with Gasteiger partial charge in [0.2, 0.25) is 0 Å². The lowest BCUT2D eigenvalue weighted by Gasteiger charge is -2.45. The number of pyridine rings is 1. The summed E-state index contributed by atoms with van der Waals surface area (Å²) in [6.45, 7) is 5.95. The summed E-state index contributed by atoms with van der Waals surface area (Å²) in [5.41, 5.74) is 2.51. The fraction of sp³-hybridized carbons (Fsp3) is 0.615. The van der Waals surface area contributed by atoms with E-state index in [1.54, 1.807) is 0 Å². The molecule has 3 heteroatoms. The van der Waals surface area contributed by atoms with Gasteiger partial charge in [-0.1, -0.05) is 0 Å². The summed E-state index contributed by atoms with van der Waals surface area (Å²) >= 11 is 0. The summed E-state index contributed by atoms with van der Waals surface area (Å²) in [6.07, 6.45) is 6.53. The summed E-state index contributed by atoms with van der Waals surface area (Å²) in [7, 11) is 0. The molecule has 1 aromatic rings. The lowest BCUT2D eigenvalue weighted by Crippen LogP contribution is -2.53. The first-order valence-electron chi connectivity index (χ1n) is 6.22. The molecule has 0 spiro atoms. The molecule has 0 radical (unpaired) electrons. The number of anilines is 1. The minimum atomic E-state index is 0.630. The van der Waals surface area contributed by atoms with Crippen molar-refractivity contribution in [2.75, 3.05) is 25.0 Å². The van der Waals surface area contributed by atoms with Crippen LogP contribution in [-0.4, -0.2) is 35.6 Å². The van der Waals surface area contributed by atoms with E-state index in [0.29, 0.717) is 6.04 Å². The highest BCUT2D eigenvalue weighted by molar-refractivity contribution is 5.49. The molecule has 1 N–H and O–H groups in total. The van der Waals surface area contributed by atoms with Gasteiger partial charge in [-0.05, 0) is 50.4 Å². The number of nitrogens with one attached hydrogen (secondary N) is 1. The maximum atomic E-state index is 4.20. The Kier molecular flexibility index (Phi) is 2.56. The number of hydrogen-bond acceptors (Lipinski definition) is 3. The van der Waals surface area contributed by atoms with Crippen molar-refractivity contribution >= 4 is 5.69 Å². The van der Waals surface area contributed by atoms with Gasteiger partial charge in [0, 0.05) is 18.8 Å². The maximum absolute atomic E-state index is 4.20. The number of hydrogen-bond donors (Lipinski definition) is 1. The minimum absolute atomic E-state index is 0.630. The maximum Gasteiger partial charge on any atom is 0.0559 e. The highest BCUT2D eigenvalue weighted by Crippen LogP contribution is 2.30. The second kappa shape index (κ2) is 4.06. The normalized spacial score (nSPS) is 32.7. The second-order valence-electron chi connectivity index (χ2n) is 5.08. The molecule has 16 heavy (non-hydrogen) atoms. The molecular formula is C13H19N3. The van der Waals surface area contributed by atoms with Crippen LogP contribution in [0.2, 0.25) is 0 Å². The van der Waals surface area contributed by atoms with Crippen LogP contribution in [0.15, 0.2) is 18.5 Å². The second-order valence-corrected chi connectivity index (χ2v) is 5.08. The quantitative estimate of drug-likeness (QED) is 0.820. The molecular weight excluding hydrogens is 198 g/mol. The summed E-state index contributed by atoms with van der Waals surface area (Å²) in [5, 5.41) is 3.68. The molecule has 3 fully saturated rings. The number of fused-ring (bicyclic) bond motifs is 3. The van der Waals surface area contributed by atoms with E-state index in [2.05, 4.69) is 28.2 Å². The summed E-state index contributed by atoms with van der Waals surface area (Å²) in [5.74, 6) is 0.865. The van der Waals surface area contributed by atoms with Crippen LogP contribution in [0.4, 0.5) is 5.69 Å². The third kappa shape index (κ3) is 1.80. The zero-order valence-electron chi connectivity index (χ0n) is 9.82. The van der Waals surface area contributed by atoms with Crippen molar-refractivity contribution in [3.63, 3.8) is 0 Å². The molecule has 0 aromatic carbocycles. The number of nitrogens with zero attached hydrogens (tertiary/aromatic N) is 2. The fourth-order valence-corrected chi connectivity index (χ4v) is 2.94. The van der Waals surface area contributed by atoms with E-state index in [1.165, 1.54) is 43.7 Å². The first kappa shape index (κ1) is 10.1. The Morgan fingerprint density at radius 1 is 1.38 bits per heavy atom. The van der Waals surface area contributed by atoms with Gasteiger partial charge in [0.05, 0.1) is 11.9 Å². The topological polar surface area (TPSA) is 28.2 Å². The first-order chi connectivity index (χ1) is 7.83. The molecule has 0 amide bonds. The summed E-state index contributed by atoms with van der Waals surface area (Å²) < 4.78 is 0. The molecule has 4 heterocycles. The molecule has 86 valence electrons. The highest BCUT2D eigenvalue weighted by atomic mass is 15.2. The molecule has 1 unspecified atom stereocenters. The van der Waals surface area contributed by atoms with Gasteiger partial charge in [-0.2, -0.15) is 0 Å². The van der Waals surface area contributed by atoms with Crippen LogP contribution in [0, 0.1) is 12.8 Å². The van der Waals surface area contributed by atoms with E-state index in [4.69, 9.17) is 0 Å². The van der Waals surface area contributed by atoms with E-state index in [-0.39, 0.29) is 0 Å². The summed E-state index contributed by atoms with van der Waals surface area (Å²) in [6, 6.07) is 2.70. The summed E-state index contributed by atoms with van der Waals surface area (Å²) in [4.78, 5) is 6.77. The molecule has 1 aromatic heterocycles. The van der Waals surface area contributed by atoms with E-state index < -0.39 is 0 Å². The Hall–Kier alpha value is -1.09. The molecule has 3 saturated heterocycles. The van der Waals surface area contributed by atoms with Gasteiger partial charge >= 0.3 is 0 Å². The van der Waals surface area contributed by atoms with Crippen LogP contribution in [0.25, 0.3) is 0 Å². The predicted molar refractivity (Wildman–Crippen MR) is 65.5 cm³/mol. The highest BCUT2D eigenvalue weighted by Gasteiger charge is 2.33. The molecule has 1 atom stereocenters. The number of aromatic nitrogens is 1. The third-order valence-electron chi connectivity index (χ3n) is 4.04. The molecule has 2 bridgehead atoms. The minimum Gasteiger partial charge on any atom is -0.379 e. The van der Waals surface area contributed by atoms with Crippen LogP contribution < -0.4 is 5.32 Å². The van der Waals surface area contributed by atoms with Gasteiger partial charge in [0.15, 0.2) is 0 Å². The van der Waals surface area contributed by atoms with Gasteiger partial charge in [-0.15, -0.1) is 0 Å². The van der Waals surface area contributed by atoms with Crippen molar-refractivity contribution in [1.29, 1.82) is 0 Å². The predicted octanol–water partition coefficient (Wildman–Crippen LogP) is 1.90. The van der Waals surface area contributed by atoms with Gasteiger partial charge in [-0.3, -0.25) is 4.98 Å². The van der Waals surface area contributed by atoms with Gasteiger partial charge in [0.25, 0.3) is 0 Å². The van der Waals surface area contributed by atoms with Gasteiger partial charge in [0.1, 0.15) is 0 Å². The van der Waals surface area contributed by atoms with Crippen LogP contribution in [-0.2, 0) is 0 Å². The number of piperidine rings is 3. The van der Waals surface area contributed by atoms with Gasteiger partial charge < -0.3 is 10.2 Å². The average Bonchev–Trinajstić information content (AvgIpc) is 2.34. The Bertz CT molecular complexity index is 369. The first-order valence-corrected chi connectivity index (χ1v) is 6.22. The fourth-order valence-electron chi connectivity index (χ4n) is 2.94. The molecule has 0 aliphatic carbocycles. The average molecular weight is 217 g/mol. The molecule has 4 rings (SSSR count). The standard InChI is InChI=1S/C13H19N3/c1-10-2-5-14-8-12(10)15-13-9-16-6-3-11(13)4-7-16/h2,5,8,11,13,15H,3-4,6-7,9H2,1H3. The van der Waals surface area contributed by atoms with E-state index in [1.807, 2.05) is 12.4 Å². The smallest absolute Gasteiger partial charge is 0.0559 e. The Balaban J connectivity index is 1.73. The van der Waals surface area contributed by atoms with Crippen molar-refractivity contribution in [3.05, 3.63) is 24.0 Å². The van der Waals surface area contributed by atoms with Crippen LogP contribution in [0.3, 0.4) is 0 Å². The Morgan fingerprint density at radius 3 is 2.81 bits per heavy atom. The largest absolute Gasteiger partial charge is 0.379 e. The third-order valence-corrected chi connectivity index (χ3v) is 4.04. The van der Waals surface area contributed by atoms with Crippen molar-refractivity contribution in [2.45, 2.75) is 25.8 Å². The van der Waals surface area contributed by atoms with Crippen LogP contribution >= 0.6 is 0 Å². The number of aryl methyl sites for hydroxylation is 1. The molecule has 3 nitrogen and oxygen atoms in total. The molecule has 3 aliphatic heterocycles. The van der Waals surface area contributed by atoms with E-state index in [9.17, 15) is 0 Å². The zero-order valence-corrected chi connectivity index (χ0v) is 9.82. The van der Waals surface area contributed by atoms with Gasteiger partial charge in [-0.25, -0.2) is 0 Å². The monoisotopic (exact) mass is 217 g/mol. The lowest BCUT2D eigenvalue weighted by atomic mass is 9.84. The van der Waals surface area contributed by atoms with Crippen molar-refractivity contribution in [1.82, 2.24) is 9.88 Å².